The zero-order valence-corrected chi connectivity index (χ0v) is 15.7. The number of nitrogens with zero attached hydrogens (tertiary/aromatic N) is 3. The molecular formula is C20H22F3N3O2. The molecule has 2 N–H and O–H groups in total. The predicted octanol–water partition coefficient (Wildman–Crippen LogP) is 3.84. The number of hydrogen-bond acceptors (Lipinski definition) is 5. The highest BCUT2D eigenvalue weighted by molar-refractivity contribution is 5.73. The van der Waals surface area contributed by atoms with Crippen LogP contribution in [-0.2, 0) is 12.6 Å². The fourth-order valence-electron chi connectivity index (χ4n) is 4.31. The smallest absolute Gasteiger partial charge is 0.416 e. The van der Waals surface area contributed by atoms with Crippen molar-refractivity contribution in [1.29, 1.82) is 0 Å². The van der Waals surface area contributed by atoms with Gasteiger partial charge in [-0.3, -0.25) is 0 Å². The van der Waals surface area contributed by atoms with Crippen LogP contribution in [0.25, 0.3) is 11.3 Å². The van der Waals surface area contributed by atoms with E-state index >= 15 is 0 Å². The van der Waals surface area contributed by atoms with Crippen LogP contribution < -0.4 is 4.90 Å². The van der Waals surface area contributed by atoms with Crippen molar-refractivity contribution in [2.45, 2.75) is 57.3 Å². The Balaban J connectivity index is 1.68. The van der Waals surface area contributed by atoms with E-state index < -0.39 is 23.1 Å². The molecule has 5 nitrogen and oxygen atoms in total. The Kier molecular flexibility index (Phi) is 4.30. The van der Waals surface area contributed by atoms with E-state index in [9.17, 15) is 23.4 Å². The Morgan fingerprint density at radius 2 is 1.89 bits per heavy atom. The van der Waals surface area contributed by atoms with Gasteiger partial charge in [0.05, 0.1) is 16.9 Å². The van der Waals surface area contributed by atoms with Gasteiger partial charge < -0.3 is 15.1 Å². The maximum Gasteiger partial charge on any atom is 0.416 e. The lowest BCUT2D eigenvalue weighted by molar-refractivity contribution is -0.137. The van der Waals surface area contributed by atoms with Gasteiger partial charge in [-0.25, -0.2) is 0 Å². The number of benzene rings is 1. The van der Waals surface area contributed by atoms with Crippen molar-refractivity contribution in [3.05, 3.63) is 34.9 Å². The predicted molar refractivity (Wildman–Crippen MR) is 98.2 cm³/mol. The summed E-state index contributed by atoms with van der Waals surface area (Å²) in [6.45, 7) is 4.18. The van der Waals surface area contributed by atoms with E-state index in [1.807, 2.05) is 6.92 Å². The third kappa shape index (κ3) is 3.30. The van der Waals surface area contributed by atoms with Crippen LogP contribution in [0.1, 0.15) is 42.9 Å². The number of halogens is 3. The van der Waals surface area contributed by atoms with Crippen molar-refractivity contribution in [3.8, 4) is 17.0 Å². The molecule has 8 heteroatoms. The summed E-state index contributed by atoms with van der Waals surface area (Å²) in [6.07, 6.45) is -1.46. The van der Waals surface area contributed by atoms with Gasteiger partial charge in [-0.2, -0.15) is 13.2 Å². The molecule has 2 aromatic rings. The standard InChI is InChI=1S/C20H22F3N3O2/c1-11-6-13(20(21,22)23)8-16(27)17(11)15-7-12-4-3-5-26(18(12)25-24-15)14-9-19(2,28)10-14/h6-8,14,27-28H,3-5,9-10H2,1-2H3. The van der Waals surface area contributed by atoms with Crippen molar-refractivity contribution >= 4 is 5.82 Å². The average Bonchev–Trinajstić information content (AvgIpc) is 2.57. The fraction of sp³-hybridized carbons (Fsp3) is 0.500. The normalized spacial score (nSPS) is 24.6. The van der Waals surface area contributed by atoms with E-state index in [-0.39, 0.29) is 11.6 Å². The molecule has 0 spiro atoms. The van der Waals surface area contributed by atoms with E-state index in [0.717, 1.165) is 42.9 Å². The van der Waals surface area contributed by atoms with Crippen molar-refractivity contribution in [2.75, 3.05) is 11.4 Å². The van der Waals surface area contributed by atoms with Gasteiger partial charge in [0.2, 0.25) is 0 Å². The summed E-state index contributed by atoms with van der Waals surface area (Å²) in [6, 6.07) is 3.77. The van der Waals surface area contributed by atoms with Crippen molar-refractivity contribution < 1.29 is 23.4 Å². The minimum Gasteiger partial charge on any atom is -0.507 e. The molecule has 28 heavy (non-hydrogen) atoms. The summed E-state index contributed by atoms with van der Waals surface area (Å²) in [4.78, 5) is 2.16. The molecule has 4 rings (SSSR count). The van der Waals surface area contributed by atoms with Gasteiger partial charge in [0.15, 0.2) is 5.82 Å². The summed E-state index contributed by atoms with van der Waals surface area (Å²) in [5, 5.41) is 28.8. The maximum atomic E-state index is 13.0. The number of anilines is 1. The molecule has 150 valence electrons. The molecule has 0 bridgehead atoms. The van der Waals surface area contributed by atoms with Crippen LogP contribution >= 0.6 is 0 Å². The number of phenols is 1. The third-order valence-corrected chi connectivity index (χ3v) is 5.66. The Morgan fingerprint density at radius 1 is 1.18 bits per heavy atom. The van der Waals surface area contributed by atoms with Crippen LogP contribution in [0.3, 0.4) is 0 Å². The molecule has 0 saturated heterocycles. The quantitative estimate of drug-likeness (QED) is 0.811. The highest BCUT2D eigenvalue weighted by atomic mass is 19.4. The zero-order chi connectivity index (χ0) is 20.3. The number of rotatable bonds is 2. The lowest BCUT2D eigenvalue weighted by Gasteiger charge is -2.48. The van der Waals surface area contributed by atoms with Crippen LogP contribution in [0, 0.1) is 6.92 Å². The van der Waals surface area contributed by atoms with E-state index in [4.69, 9.17) is 0 Å². The highest BCUT2D eigenvalue weighted by Gasteiger charge is 2.43. The number of hydrogen-bond donors (Lipinski definition) is 2. The molecule has 1 fully saturated rings. The first-order chi connectivity index (χ1) is 13.0. The second kappa shape index (κ2) is 6.34. The number of aromatic nitrogens is 2. The summed E-state index contributed by atoms with van der Waals surface area (Å²) in [5.41, 5.74) is 0.363. The fourth-order valence-corrected chi connectivity index (χ4v) is 4.31. The Labute approximate surface area is 160 Å². The highest BCUT2D eigenvalue weighted by Crippen LogP contribution is 2.42. The second-order valence-corrected chi connectivity index (χ2v) is 8.12. The lowest BCUT2D eigenvalue weighted by Crippen LogP contribution is -2.55. The van der Waals surface area contributed by atoms with Gasteiger partial charge in [0, 0.05) is 18.2 Å². The summed E-state index contributed by atoms with van der Waals surface area (Å²) >= 11 is 0. The summed E-state index contributed by atoms with van der Waals surface area (Å²) in [7, 11) is 0. The number of aromatic hydroxyl groups is 1. The molecule has 2 aliphatic rings. The Bertz CT molecular complexity index is 896. The van der Waals surface area contributed by atoms with Crippen molar-refractivity contribution in [3.63, 3.8) is 0 Å². The molecule has 0 amide bonds. The van der Waals surface area contributed by atoms with E-state index in [1.54, 1.807) is 6.07 Å². The molecule has 1 saturated carbocycles. The Morgan fingerprint density at radius 3 is 2.50 bits per heavy atom. The van der Waals surface area contributed by atoms with Gasteiger partial charge in [-0.15, -0.1) is 10.2 Å². The van der Waals surface area contributed by atoms with Crippen LogP contribution in [0.2, 0.25) is 0 Å². The zero-order valence-electron chi connectivity index (χ0n) is 15.7. The van der Waals surface area contributed by atoms with Gasteiger partial charge in [0.25, 0.3) is 0 Å². The van der Waals surface area contributed by atoms with Crippen LogP contribution in [0.5, 0.6) is 5.75 Å². The minimum atomic E-state index is -4.52. The van der Waals surface area contributed by atoms with Crippen LogP contribution in [-0.4, -0.2) is 38.6 Å². The number of phenolic OH excluding ortho intramolecular Hbond substituents is 1. The first kappa shape index (κ1) is 19.0. The van der Waals surface area contributed by atoms with Gasteiger partial charge in [-0.1, -0.05) is 0 Å². The molecule has 1 aromatic carbocycles. The second-order valence-electron chi connectivity index (χ2n) is 8.12. The first-order valence-corrected chi connectivity index (χ1v) is 9.32. The summed E-state index contributed by atoms with van der Waals surface area (Å²) in [5.74, 6) is 0.309. The third-order valence-electron chi connectivity index (χ3n) is 5.66. The molecule has 1 aromatic heterocycles. The number of fused-ring (bicyclic) bond motifs is 1. The average molecular weight is 393 g/mol. The molecule has 2 heterocycles. The molecule has 0 atom stereocenters. The SMILES string of the molecule is Cc1cc(C(F)(F)F)cc(O)c1-c1cc2c(nn1)N(C1CC(C)(O)C1)CCC2. The topological polar surface area (TPSA) is 69.5 Å². The number of aryl methyl sites for hydroxylation is 2. The molecule has 1 aliphatic carbocycles. The Hall–Kier alpha value is -2.35. The summed E-state index contributed by atoms with van der Waals surface area (Å²) < 4.78 is 38.9. The van der Waals surface area contributed by atoms with E-state index in [0.29, 0.717) is 24.1 Å². The van der Waals surface area contributed by atoms with Crippen molar-refractivity contribution in [1.82, 2.24) is 10.2 Å². The van der Waals surface area contributed by atoms with Crippen molar-refractivity contribution in [2.24, 2.45) is 0 Å². The van der Waals surface area contributed by atoms with Gasteiger partial charge in [0.1, 0.15) is 5.75 Å². The largest absolute Gasteiger partial charge is 0.507 e. The lowest BCUT2D eigenvalue weighted by atomic mass is 9.76. The number of aliphatic hydroxyl groups is 1. The molecule has 0 radical (unpaired) electrons. The monoisotopic (exact) mass is 393 g/mol. The van der Waals surface area contributed by atoms with E-state index in [2.05, 4.69) is 15.1 Å². The maximum absolute atomic E-state index is 13.0. The van der Waals surface area contributed by atoms with Crippen LogP contribution in [0.4, 0.5) is 19.0 Å². The molecule has 1 aliphatic heterocycles. The first-order valence-electron chi connectivity index (χ1n) is 9.32. The number of alkyl halides is 3. The molecular weight excluding hydrogens is 371 g/mol. The van der Waals surface area contributed by atoms with Gasteiger partial charge >= 0.3 is 6.18 Å². The van der Waals surface area contributed by atoms with Crippen LogP contribution in [0.15, 0.2) is 18.2 Å². The molecule has 0 unspecified atom stereocenters. The van der Waals surface area contributed by atoms with E-state index in [1.165, 1.54) is 6.92 Å². The van der Waals surface area contributed by atoms with Gasteiger partial charge in [-0.05, 0) is 68.9 Å². The minimum absolute atomic E-state index is 0.218.